The predicted octanol–water partition coefficient (Wildman–Crippen LogP) is 3.69. The molecule has 2 aliphatic rings. The third-order valence-electron chi connectivity index (χ3n) is 5.08. The van der Waals surface area contributed by atoms with Gasteiger partial charge in [0, 0.05) is 30.4 Å². The minimum Gasteiger partial charge on any atom is -0.335 e. The Kier molecular flexibility index (Phi) is 5.01. The molecule has 2 N–H and O–H groups in total. The molecule has 4 nitrogen and oxygen atoms in total. The molecule has 0 radical (unpaired) electrons. The standard InChI is InChI=1S/C19H27N3O/c1-3-10-22-17-8-5-9-18(22)13-16(12-17)21-19(23)20-15-7-4-6-14(2)11-15/h3-4,6-7,11,16-18H,1,5,8-10,12-13H2,2H3,(H2,20,21,23)/t17-,18-/m1/s1. The Labute approximate surface area is 138 Å². The first-order valence-electron chi connectivity index (χ1n) is 8.66. The highest BCUT2D eigenvalue weighted by molar-refractivity contribution is 5.89. The van der Waals surface area contributed by atoms with Crippen molar-refractivity contribution < 1.29 is 4.79 Å². The number of fused-ring (bicyclic) bond motifs is 2. The van der Waals surface area contributed by atoms with Crippen LogP contribution in [0.5, 0.6) is 0 Å². The van der Waals surface area contributed by atoms with Crippen molar-refractivity contribution in [2.24, 2.45) is 0 Å². The number of urea groups is 1. The van der Waals surface area contributed by atoms with Gasteiger partial charge in [-0.3, -0.25) is 4.90 Å². The lowest BCUT2D eigenvalue weighted by Gasteiger charge is -2.48. The van der Waals surface area contributed by atoms with Crippen LogP contribution < -0.4 is 10.6 Å². The van der Waals surface area contributed by atoms with Crippen molar-refractivity contribution in [1.29, 1.82) is 0 Å². The zero-order chi connectivity index (χ0) is 16.2. The first-order valence-corrected chi connectivity index (χ1v) is 8.66. The SMILES string of the molecule is C=CCN1[C@@H]2CCC[C@@H]1CC(NC(=O)Nc1cccc(C)c1)C2. The number of rotatable bonds is 4. The first kappa shape index (κ1) is 16.1. The molecular weight excluding hydrogens is 286 g/mol. The second kappa shape index (κ2) is 7.18. The lowest BCUT2D eigenvalue weighted by atomic mass is 9.82. The summed E-state index contributed by atoms with van der Waals surface area (Å²) in [4.78, 5) is 14.8. The van der Waals surface area contributed by atoms with Gasteiger partial charge in [0.2, 0.25) is 0 Å². The molecule has 0 spiro atoms. The molecule has 23 heavy (non-hydrogen) atoms. The van der Waals surface area contributed by atoms with Gasteiger partial charge in [0.15, 0.2) is 0 Å². The van der Waals surface area contributed by atoms with E-state index in [9.17, 15) is 4.79 Å². The van der Waals surface area contributed by atoms with Crippen molar-refractivity contribution in [3.63, 3.8) is 0 Å². The molecule has 2 atom stereocenters. The fourth-order valence-corrected chi connectivity index (χ4v) is 4.12. The molecule has 4 heteroatoms. The van der Waals surface area contributed by atoms with Crippen molar-refractivity contribution in [2.45, 2.75) is 57.2 Å². The topological polar surface area (TPSA) is 44.4 Å². The molecule has 1 aromatic rings. The Morgan fingerprint density at radius 1 is 1.35 bits per heavy atom. The number of carbonyl (C=O) groups is 1. The Balaban J connectivity index is 1.56. The highest BCUT2D eigenvalue weighted by atomic mass is 16.2. The van der Waals surface area contributed by atoms with Crippen LogP contribution in [0, 0.1) is 6.92 Å². The lowest BCUT2D eigenvalue weighted by Crippen LogP contribution is -2.57. The number of hydrogen-bond donors (Lipinski definition) is 2. The van der Waals surface area contributed by atoms with Crippen LogP contribution in [0.1, 0.15) is 37.7 Å². The van der Waals surface area contributed by atoms with Gasteiger partial charge in [-0.25, -0.2) is 4.79 Å². The van der Waals surface area contributed by atoms with Gasteiger partial charge in [-0.2, -0.15) is 0 Å². The molecule has 0 aromatic heterocycles. The van der Waals surface area contributed by atoms with Crippen LogP contribution in [-0.4, -0.2) is 35.6 Å². The van der Waals surface area contributed by atoms with Gasteiger partial charge in [-0.05, 0) is 50.3 Å². The minimum absolute atomic E-state index is 0.0872. The van der Waals surface area contributed by atoms with Gasteiger partial charge in [0.25, 0.3) is 0 Å². The number of hydrogen-bond acceptors (Lipinski definition) is 2. The van der Waals surface area contributed by atoms with Crippen LogP contribution in [0.15, 0.2) is 36.9 Å². The summed E-state index contributed by atoms with van der Waals surface area (Å²) >= 11 is 0. The summed E-state index contributed by atoms with van der Waals surface area (Å²) in [6.45, 7) is 6.88. The van der Waals surface area contributed by atoms with Gasteiger partial charge in [0.1, 0.15) is 0 Å². The molecule has 2 amide bonds. The van der Waals surface area contributed by atoms with Crippen LogP contribution in [-0.2, 0) is 0 Å². The van der Waals surface area contributed by atoms with E-state index in [4.69, 9.17) is 0 Å². The third-order valence-corrected chi connectivity index (χ3v) is 5.08. The van der Waals surface area contributed by atoms with E-state index in [1.54, 1.807) is 0 Å². The Morgan fingerprint density at radius 2 is 2.09 bits per heavy atom. The van der Waals surface area contributed by atoms with Crippen molar-refractivity contribution in [1.82, 2.24) is 10.2 Å². The largest absolute Gasteiger partial charge is 0.335 e. The van der Waals surface area contributed by atoms with E-state index in [2.05, 4.69) is 22.1 Å². The number of amides is 2. The Bertz CT molecular complexity index is 557. The summed E-state index contributed by atoms with van der Waals surface area (Å²) in [5.41, 5.74) is 2.00. The average Bonchev–Trinajstić information content (AvgIpc) is 2.48. The minimum atomic E-state index is -0.0872. The average molecular weight is 313 g/mol. The second-order valence-electron chi connectivity index (χ2n) is 6.86. The normalized spacial score (nSPS) is 27.3. The quantitative estimate of drug-likeness (QED) is 0.833. The van der Waals surface area contributed by atoms with Gasteiger partial charge in [0.05, 0.1) is 0 Å². The maximum Gasteiger partial charge on any atom is 0.319 e. The molecule has 2 bridgehead atoms. The second-order valence-corrected chi connectivity index (χ2v) is 6.86. The van der Waals surface area contributed by atoms with Crippen LogP contribution >= 0.6 is 0 Å². The summed E-state index contributed by atoms with van der Waals surface area (Å²) in [6.07, 6.45) is 7.88. The number of aryl methyl sites for hydroxylation is 1. The summed E-state index contributed by atoms with van der Waals surface area (Å²) in [7, 11) is 0. The van der Waals surface area contributed by atoms with Crippen molar-refractivity contribution in [2.75, 3.05) is 11.9 Å². The number of carbonyl (C=O) groups excluding carboxylic acids is 1. The van der Waals surface area contributed by atoms with E-state index in [-0.39, 0.29) is 12.1 Å². The number of benzene rings is 1. The zero-order valence-corrected chi connectivity index (χ0v) is 13.9. The monoisotopic (exact) mass is 313 g/mol. The van der Waals surface area contributed by atoms with Crippen LogP contribution in [0.25, 0.3) is 0 Å². The van der Waals surface area contributed by atoms with Crippen molar-refractivity contribution in [3.05, 3.63) is 42.5 Å². The molecule has 2 saturated heterocycles. The Hall–Kier alpha value is -1.81. The molecule has 2 fully saturated rings. The van der Waals surface area contributed by atoms with Gasteiger partial charge >= 0.3 is 6.03 Å². The Morgan fingerprint density at radius 3 is 2.74 bits per heavy atom. The first-order chi connectivity index (χ1) is 11.2. The molecule has 124 valence electrons. The molecule has 0 saturated carbocycles. The molecular formula is C19H27N3O. The maximum atomic E-state index is 12.3. The number of nitrogens with zero attached hydrogens (tertiary/aromatic N) is 1. The van der Waals surface area contributed by atoms with Crippen molar-refractivity contribution in [3.8, 4) is 0 Å². The van der Waals surface area contributed by atoms with Gasteiger partial charge in [-0.1, -0.05) is 24.6 Å². The predicted molar refractivity (Wildman–Crippen MR) is 94.7 cm³/mol. The molecule has 2 aliphatic heterocycles. The summed E-state index contributed by atoms with van der Waals surface area (Å²) in [6, 6.07) is 9.26. The third kappa shape index (κ3) is 3.94. The molecule has 1 aromatic carbocycles. The summed E-state index contributed by atoms with van der Waals surface area (Å²) in [5.74, 6) is 0. The fraction of sp³-hybridized carbons (Fsp3) is 0.526. The summed E-state index contributed by atoms with van der Waals surface area (Å²) < 4.78 is 0. The number of nitrogens with one attached hydrogen (secondary N) is 2. The summed E-state index contributed by atoms with van der Waals surface area (Å²) in [5, 5.41) is 6.13. The molecule has 0 unspecified atom stereocenters. The smallest absolute Gasteiger partial charge is 0.319 e. The van der Waals surface area contributed by atoms with E-state index in [1.165, 1.54) is 19.3 Å². The van der Waals surface area contributed by atoms with E-state index >= 15 is 0 Å². The van der Waals surface area contributed by atoms with Crippen LogP contribution in [0.4, 0.5) is 10.5 Å². The number of anilines is 1. The molecule has 2 heterocycles. The van der Waals surface area contributed by atoms with Crippen molar-refractivity contribution >= 4 is 11.7 Å². The van der Waals surface area contributed by atoms with Crippen LogP contribution in [0.2, 0.25) is 0 Å². The molecule has 0 aliphatic carbocycles. The van der Waals surface area contributed by atoms with E-state index in [0.29, 0.717) is 12.1 Å². The maximum absolute atomic E-state index is 12.3. The van der Waals surface area contributed by atoms with E-state index in [0.717, 1.165) is 30.6 Å². The van der Waals surface area contributed by atoms with E-state index in [1.807, 2.05) is 37.3 Å². The van der Waals surface area contributed by atoms with Crippen LogP contribution in [0.3, 0.4) is 0 Å². The van der Waals surface area contributed by atoms with E-state index < -0.39 is 0 Å². The zero-order valence-electron chi connectivity index (χ0n) is 13.9. The molecule has 3 rings (SSSR count). The highest BCUT2D eigenvalue weighted by Crippen LogP contribution is 2.33. The fourth-order valence-electron chi connectivity index (χ4n) is 4.12. The van der Waals surface area contributed by atoms with Gasteiger partial charge < -0.3 is 10.6 Å². The highest BCUT2D eigenvalue weighted by Gasteiger charge is 2.37. The number of piperidine rings is 2. The van der Waals surface area contributed by atoms with Gasteiger partial charge in [-0.15, -0.1) is 6.58 Å². The lowest BCUT2D eigenvalue weighted by molar-refractivity contribution is 0.0375.